The molecule has 1 heterocycles. The van der Waals surface area contributed by atoms with E-state index in [1.165, 1.54) is 11.8 Å². The topological polar surface area (TPSA) is 46.3 Å². The Kier molecular flexibility index (Phi) is 6.17. The van der Waals surface area contributed by atoms with Crippen molar-refractivity contribution in [1.82, 2.24) is 10.1 Å². The predicted octanol–water partition coefficient (Wildman–Crippen LogP) is 4.18. The number of aryl methyl sites for hydroxylation is 1. The van der Waals surface area contributed by atoms with Crippen molar-refractivity contribution in [2.45, 2.75) is 19.2 Å². The summed E-state index contributed by atoms with van der Waals surface area (Å²) in [4.78, 5) is 13.7. The number of carbonyl (C=O) groups is 1. The normalized spacial score (nSPS) is 10.7. The van der Waals surface area contributed by atoms with Crippen LogP contribution in [0.1, 0.15) is 17.0 Å². The smallest absolute Gasteiger partial charge is 0.232 e. The van der Waals surface area contributed by atoms with Gasteiger partial charge in [0.2, 0.25) is 5.91 Å². The van der Waals surface area contributed by atoms with Gasteiger partial charge in [-0.2, -0.15) is 0 Å². The van der Waals surface area contributed by atoms with Crippen LogP contribution in [-0.4, -0.2) is 28.8 Å². The number of carbonyl (C=O) groups excluding carboxylic acids is 1. The summed E-state index contributed by atoms with van der Waals surface area (Å²) in [5.41, 5.74) is 1.72. The standard InChI is InChI=1S/C15H16Cl2N2O2S/c1-10-5-13(18-21-10)7-19(2)15(20)9-22-8-11-3-4-12(16)6-14(11)17/h3-6H,7-9H2,1-2H3. The lowest BCUT2D eigenvalue weighted by Crippen LogP contribution is -2.28. The summed E-state index contributed by atoms with van der Waals surface area (Å²) in [6.45, 7) is 2.27. The molecule has 0 aliphatic rings. The van der Waals surface area contributed by atoms with Gasteiger partial charge in [0.05, 0.1) is 12.3 Å². The fourth-order valence-electron chi connectivity index (χ4n) is 1.82. The average Bonchev–Trinajstić information content (AvgIpc) is 2.86. The summed E-state index contributed by atoms with van der Waals surface area (Å²) >= 11 is 13.5. The fraction of sp³-hybridized carbons (Fsp3) is 0.333. The number of benzene rings is 1. The molecular weight excluding hydrogens is 343 g/mol. The highest BCUT2D eigenvalue weighted by Crippen LogP contribution is 2.24. The van der Waals surface area contributed by atoms with Crippen LogP contribution in [0.4, 0.5) is 0 Å². The van der Waals surface area contributed by atoms with Crippen LogP contribution in [0.25, 0.3) is 0 Å². The largest absolute Gasteiger partial charge is 0.361 e. The van der Waals surface area contributed by atoms with Crippen LogP contribution in [0, 0.1) is 6.92 Å². The van der Waals surface area contributed by atoms with Crippen molar-refractivity contribution in [3.8, 4) is 0 Å². The van der Waals surface area contributed by atoms with E-state index < -0.39 is 0 Å². The third kappa shape index (κ3) is 4.93. The lowest BCUT2D eigenvalue weighted by Gasteiger charge is -2.15. The Bertz CT molecular complexity index is 661. The van der Waals surface area contributed by atoms with Gasteiger partial charge in [-0.05, 0) is 24.6 Å². The molecule has 0 bridgehead atoms. The molecule has 0 saturated heterocycles. The van der Waals surface area contributed by atoms with E-state index in [1.807, 2.05) is 19.1 Å². The van der Waals surface area contributed by atoms with Crippen LogP contribution < -0.4 is 0 Å². The minimum absolute atomic E-state index is 0.0377. The van der Waals surface area contributed by atoms with Gasteiger partial charge in [0.25, 0.3) is 0 Å². The first-order chi connectivity index (χ1) is 10.5. The third-order valence-corrected chi connectivity index (χ3v) is 4.55. The van der Waals surface area contributed by atoms with Gasteiger partial charge in [-0.1, -0.05) is 34.4 Å². The molecule has 2 aromatic rings. The molecule has 0 saturated carbocycles. The predicted molar refractivity (Wildman–Crippen MR) is 90.3 cm³/mol. The van der Waals surface area contributed by atoms with Gasteiger partial charge in [-0.3, -0.25) is 4.79 Å². The Labute approximate surface area is 143 Å². The van der Waals surface area contributed by atoms with Crippen LogP contribution in [0.5, 0.6) is 0 Å². The molecule has 0 unspecified atom stereocenters. The average molecular weight is 359 g/mol. The Morgan fingerprint density at radius 2 is 2.14 bits per heavy atom. The zero-order valence-corrected chi connectivity index (χ0v) is 14.6. The molecule has 0 fully saturated rings. The molecule has 1 amide bonds. The van der Waals surface area contributed by atoms with Crippen LogP contribution in [-0.2, 0) is 17.1 Å². The Morgan fingerprint density at radius 3 is 2.77 bits per heavy atom. The minimum atomic E-state index is 0.0377. The van der Waals surface area contributed by atoms with E-state index in [2.05, 4.69) is 5.16 Å². The highest BCUT2D eigenvalue weighted by atomic mass is 35.5. The molecule has 1 aromatic carbocycles. The van der Waals surface area contributed by atoms with Crippen LogP contribution in [0.2, 0.25) is 10.0 Å². The number of amides is 1. The molecule has 0 aliphatic heterocycles. The van der Waals surface area contributed by atoms with Gasteiger partial charge < -0.3 is 9.42 Å². The first kappa shape index (κ1) is 17.2. The summed E-state index contributed by atoms with van der Waals surface area (Å²) in [6, 6.07) is 7.21. The van der Waals surface area contributed by atoms with Gasteiger partial charge in [0.15, 0.2) is 0 Å². The van der Waals surface area contributed by atoms with Crippen LogP contribution in [0.3, 0.4) is 0 Å². The van der Waals surface area contributed by atoms with Crippen molar-refractivity contribution >= 4 is 40.9 Å². The maximum absolute atomic E-state index is 12.1. The van der Waals surface area contributed by atoms with Gasteiger partial charge in [0, 0.05) is 28.9 Å². The monoisotopic (exact) mass is 358 g/mol. The number of halogens is 2. The SMILES string of the molecule is Cc1cc(CN(C)C(=O)CSCc2ccc(Cl)cc2Cl)no1. The maximum Gasteiger partial charge on any atom is 0.232 e. The Balaban J connectivity index is 1.79. The Hall–Kier alpha value is -1.17. The molecule has 118 valence electrons. The zero-order valence-electron chi connectivity index (χ0n) is 12.3. The lowest BCUT2D eigenvalue weighted by molar-refractivity contribution is -0.127. The van der Waals surface area contributed by atoms with E-state index >= 15 is 0 Å². The van der Waals surface area contributed by atoms with Crippen molar-refractivity contribution in [2.75, 3.05) is 12.8 Å². The fourth-order valence-corrected chi connectivity index (χ4v) is 3.34. The number of rotatable bonds is 6. The number of nitrogens with zero attached hydrogens (tertiary/aromatic N) is 2. The van der Waals surface area contributed by atoms with E-state index in [0.717, 1.165) is 17.0 Å². The van der Waals surface area contributed by atoms with Gasteiger partial charge >= 0.3 is 0 Å². The lowest BCUT2D eigenvalue weighted by atomic mass is 10.2. The second-order valence-corrected chi connectivity index (χ2v) is 6.74. The van der Waals surface area contributed by atoms with Gasteiger partial charge in [-0.15, -0.1) is 11.8 Å². The van der Waals surface area contributed by atoms with Crippen molar-refractivity contribution in [3.05, 3.63) is 51.3 Å². The molecule has 4 nitrogen and oxygen atoms in total. The van der Waals surface area contributed by atoms with E-state index in [1.54, 1.807) is 24.1 Å². The van der Waals surface area contributed by atoms with Gasteiger partial charge in [0.1, 0.15) is 11.5 Å². The van der Waals surface area contributed by atoms with Gasteiger partial charge in [-0.25, -0.2) is 0 Å². The molecule has 0 radical (unpaired) electrons. The van der Waals surface area contributed by atoms with E-state index in [9.17, 15) is 4.79 Å². The summed E-state index contributed by atoms with van der Waals surface area (Å²) < 4.78 is 4.99. The quantitative estimate of drug-likeness (QED) is 0.776. The number of hydrogen-bond donors (Lipinski definition) is 0. The summed E-state index contributed by atoms with van der Waals surface area (Å²) in [5.74, 6) is 1.82. The second-order valence-electron chi connectivity index (χ2n) is 4.91. The number of thioether (sulfide) groups is 1. The van der Waals surface area contributed by atoms with E-state index in [4.69, 9.17) is 27.7 Å². The summed E-state index contributed by atoms with van der Waals surface area (Å²) in [5, 5.41) is 5.11. The Morgan fingerprint density at radius 1 is 1.36 bits per heavy atom. The highest BCUT2D eigenvalue weighted by molar-refractivity contribution is 7.99. The second kappa shape index (κ2) is 7.90. The molecular formula is C15H16Cl2N2O2S. The summed E-state index contributed by atoms with van der Waals surface area (Å²) in [6.07, 6.45) is 0. The van der Waals surface area contributed by atoms with Crippen molar-refractivity contribution in [2.24, 2.45) is 0 Å². The molecule has 0 N–H and O–H groups in total. The van der Waals surface area contributed by atoms with Crippen molar-refractivity contribution in [1.29, 1.82) is 0 Å². The zero-order chi connectivity index (χ0) is 16.1. The van der Waals surface area contributed by atoms with E-state index in [0.29, 0.717) is 28.1 Å². The van der Waals surface area contributed by atoms with Crippen molar-refractivity contribution < 1.29 is 9.32 Å². The highest BCUT2D eigenvalue weighted by Gasteiger charge is 2.12. The molecule has 7 heteroatoms. The molecule has 1 aromatic heterocycles. The van der Waals surface area contributed by atoms with Crippen LogP contribution in [0.15, 0.2) is 28.8 Å². The molecule has 22 heavy (non-hydrogen) atoms. The molecule has 0 atom stereocenters. The maximum atomic E-state index is 12.1. The summed E-state index contributed by atoms with van der Waals surface area (Å²) in [7, 11) is 1.75. The first-order valence-electron chi connectivity index (χ1n) is 6.63. The number of hydrogen-bond acceptors (Lipinski definition) is 4. The molecule has 2 rings (SSSR count). The molecule has 0 spiro atoms. The third-order valence-electron chi connectivity index (χ3n) is 3.00. The first-order valence-corrected chi connectivity index (χ1v) is 8.54. The molecule has 0 aliphatic carbocycles. The van der Waals surface area contributed by atoms with Crippen LogP contribution >= 0.6 is 35.0 Å². The number of aromatic nitrogens is 1. The van der Waals surface area contributed by atoms with Crippen molar-refractivity contribution in [3.63, 3.8) is 0 Å². The minimum Gasteiger partial charge on any atom is -0.361 e. The van der Waals surface area contributed by atoms with E-state index in [-0.39, 0.29) is 5.91 Å².